The van der Waals surface area contributed by atoms with Crippen LogP contribution in [0.15, 0.2) is 0 Å². The van der Waals surface area contributed by atoms with Gasteiger partial charge in [0.15, 0.2) is 0 Å². The monoisotopic (exact) mass is 235 g/mol. The van der Waals surface area contributed by atoms with Gasteiger partial charge in [0, 0.05) is 6.04 Å². The van der Waals surface area contributed by atoms with Gasteiger partial charge in [-0.15, -0.1) is 0 Å². The van der Waals surface area contributed by atoms with Gasteiger partial charge >= 0.3 is 0 Å². The second-order valence-electron chi connectivity index (χ2n) is 6.92. The summed E-state index contributed by atoms with van der Waals surface area (Å²) in [6.07, 6.45) is 13.6. The number of hydrogen-bond donors (Lipinski definition) is 1. The lowest BCUT2D eigenvalue weighted by atomic mass is 9.80. The highest BCUT2D eigenvalue weighted by Crippen LogP contribution is 2.51. The third-order valence-electron chi connectivity index (χ3n) is 5.81. The maximum atomic E-state index is 3.80. The minimum absolute atomic E-state index is 0.870. The summed E-state index contributed by atoms with van der Waals surface area (Å²) in [5, 5.41) is 3.80. The van der Waals surface area contributed by atoms with E-state index < -0.39 is 0 Å². The Morgan fingerprint density at radius 2 is 1.94 bits per heavy atom. The number of hydrogen-bond acceptors (Lipinski definition) is 1. The first-order valence-corrected chi connectivity index (χ1v) is 8.10. The molecule has 3 aliphatic rings. The molecule has 3 fully saturated rings. The van der Waals surface area contributed by atoms with Crippen LogP contribution in [0.2, 0.25) is 0 Å². The summed E-state index contributed by atoms with van der Waals surface area (Å²) >= 11 is 0. The van der Waals surface area contributed by atoms with Gasteiger partial charge in [0.05, 0.1) is 0 Å². The van der Waals surface area contributed by atoms with Gasteiger partial charge in [-0.1, -0.05) is 19.8 Å². The Hall–Kier alpha value is -0.0400. The van der Waals surface area contributed by atoms with Gasteiger partial charge in [0.2, 0.25) is 0 Å². The summed E-state index contributed by atoms with van der Waals surface area (Å²) in [5.74, 6) is 4.40. The molecule has 3 saturated carbocycles. The molecule has 0 aromatic heterocycles. The molecule has 1 N–H and O–H groups in total. The van der Waals surface area contributed by atoms with E-state index in [0.29, 0.717) is 0 Å². The van der Waals surface area contributed by atoms with E-state index in [2.05, 4.69) is 12.2 Å². The summed E-state index contributed by atoms with van der Waals surface area (Å²) in [6, 6.07) is 0.870. The van der Waals surface area contributed by atoms with Crippen LogP contribution in [0.4, 0.5) is 0 Å². The summed E-state index contributed by atoms with van der Waals surface area (Å²) < 4.78 is 0. The molecule has 0 spiro atoms. The minimum atomic E-state index is 0.870. The molecule has 0 aromatic rings. The van der Waals surface area contributed by atoms with Crippen LogP contribution in [-0.4, -0.2) is 12.6 Å². The maximum Gasteiger partial charge on any atom is 0.00954 e. The second kappa shape index (κ2) is 5.30. The first-order chi connectivity index (χ1) is 8.36. The maximum absolute atomic E-state index is 3.80. The van der Waals surface area contributed by atoms with E-state index in [1.54, 1.807) is 32.1 Å². The van der Waals surface area contributed by atoms with Crippen LogP contribution in [0.3, 0.4) is 0 Å². The summed E-state index contributed by atoms with van der Waals surface area (Å²) in [4.78, 5) is 0. The summed E-state index contributed by atoms with van der Waals surface area (Å²) in [5.41, 5.74) is 0. The van der Waals surface area contributed by atoms with Crippen molar-refractivity contribution in [3.8, 4) is 0 Å². The van der Waals surface area contributed by atoms with Crippen LogP contribution in [0.1, 0.15) is 64.7 Å². The highest BCUT2D eigenvalue weighted by atomic mass is 14.9. The number of nitrogens with one attached hydrogen (secondary N) is 1. The molecule has 1 nitrogen and oxygen atoms in total. The zero-order valence-electron chi connectivity index (χ0n) is 11.5. The second-order valence-corrected chi connectivity index (χ2v) is 6.92. The molecule has 1 heteroatoms. The number of fused-ring (bicyclic) bond motifs is 2. The van der Waals surface area contributed by atoms with Crippen LogP contribution in [0.25, 0.3) is 0 Å². The SMILES string of the molecule is CCCNC1CCCC1CC1CC2CCC1C2. The third-order valence-corrected chi connectivity index (χ3v) is 5.81. The minimum Gasteiger partial charge on any atom is -0.314 e. The Labute approximate surface area is 107 Å². The van der Waals surface area contributed by atoms with Crippen LogP contribution < -0.4 is 5.32 Å². The van der Waals surface area contributed by atoms with Crippen LogP contribution in [0.5, 0.6) is 0 Å². The molecule has 0 amide bonds. The van der Waals surface area contributed by atoms with Crippen molar-refractivity contribution in [1.82, 2.24) is 5.32 Å². The molecule has 3 aliphatic carbocycles. The summed E-state index contributed by atoms with van der Waals surface area (Å²) in [6.45, 7) is 3.52. The zero-order valence-corrected chi connectivity index (χ0v) is 11.5. The van der Waals surface area contributed by atoms with Gasteiger partial charge in [-0.2, -0.15) is 0 Å². The average molecular weight is 235 g/mol. The Morgan fingerprint density at radius 1 is 1.00 bits per heavy atom. The molecule has 98 valence electrons. The molecule has 0 aliphatic heterocycles. The van der Waals surface area contributed by atoms with Crippen LogP contribution >= 0.6 is 0 Å². The van der Waals surface area contributed by atoms with E-state index >= 15 is 0 Å². The van der Waals surface area contributed by atoms with Crippen molar-refractivity contribution in [3.05, 3.63) is 0 Å². The first-order valence-electron chi connectivity index (χ1n) is 8.10. The predicted molar refractivity (Wildman–Crippen MR) is 73.0 cm³/mol. The topological polar surface area (TPSA) is 12.0 Å². The van der Waals surface area contributed by atoms with Gasteiger partial charge in [-0.05, 0) is 75.2 Å². The fourth-order valence-electron chi connectivity index (χ4n) is 4.97. The fraction of sp³-hybridized carbons (Fsp3) is 1.00. The van der Waals surface area contributed by atoms with E-state index in [4.69, 9.17) is 0 Å². The van der Waals surface area contributed by atoms with Crippen molar-refractivity contribution in [2.45, 2.75) is 70.8 Å². The van der Waals surface area contributed by atoms with E-state index in [9.17, 15) is 0 Å². The highest BCUT2D eigenvalue weighted by Gasteiger charge is 2.41. The van der Waals surface area contributed by atoms with Crippen molar-refractivity contribution >= 4 is 0 Å². The predicted octanol–water partition coefficient (Wildman–Crippen LogP) is 3.98. The van der Waals surface area contributed by atoms with E-state index in [1.807, 2.05) is 0 Å². The molecule has 0 saturated heterocycles. The summed E-state index contributed by atoms with van der Waals surface area (Å²) in [7, 11) is 0. The van der Waals surface area contributed by atoms with Crippen LogP contribution in [-0.2, 0) is 0 Å². The van der Waals surface area contributed by atoms with Gasteiger partial charge < -0.3 is 5.32 Å². The van der Waals surface area contributed by atoms with Crippen molar-refractivity contribution < 1.29 is 0 Å². The Bertz CT molecular complexity index is 250. The molecule has 0 heterocycles. The quantitative estimate of drug-likeness (QED) is 0.760. The fourth-order valence-corrected chi connectivity index (χ4v) is 4.97. The normalized spacial score (nSPS) is 44.6. The Kier molecular flexibility index (Phi) is 3.75. The first kappa shape index (κ1) is 12.0. The molecule has 17 heavy (non-hydrogen) atoms. The van der Waals surface area contributed by atoms with Gasteiger partial charge in [-0.25, -0.2) is 0 Å². The zero-order chi connectivity index (χ0) is 11.7. The van der Waals surface area contributed by atoms with Crippen molar-refractivity contribution in [1.29, 1.82) is 0 Å². The van der Waals surface area contributed by atoms with E-state index in [0.717, 1.165) is 29.7 Å². The molecule has 5 atom stereocenters. The van der Waals surface area contributed by atoms with Gasteiger partial charge in [0.1, 0.15) is 0 Å². The lowest BCUT2D eigenvalue weighted by molar-refractivity contribution is 0.246. The molecular weight excluding hydrogens is 206 g/mol. The standard InChI is InChI=1S/C16H29N/c1-2-8-17-16-5-3-4-14(16)11-15-10-12-6-7-13(15)9-12/h12-17H,2-11H2,1H3. The number of rotatable bonds is 5. The molecule has 2 bridgehead atoms. The molecule has 0 aromatic carbocycles. The smallest absolute Gasteiger partial charge is 0.00954 e. The molecule has 3 rings (SSSR count). The van der Waals surface area contributed by atoms with E-state index in [-0.39, 0.29) is 0 Å². The largest absolute Gasteiger partial charge is 0.314 e. The van der Waals surface area contributed by atoms with Gasteiger partial charge in [0.25, 0.3) is 0 Å². The van der Waals surface area contributed by atoms with Crippen LogP contribution in [0, 0.1) is 23.7 Å². The highest BCUT2D eigenvalue weighted by molar-refractivity contribution is 4.93. The Morgan fingerprint density at radius 3 is 2.65 bits per heavy atom. The molecular formula is C16H29N. The lowest BCUT2D eigenvalue weighted by Gasteiger charge is -2.28. The average Bonchev–Trinajstić information content (AvgIpc) is 3.02. The van der Waals surface area contributed by atoms with E-state index in [1.165, 1.54) is 32.2 Å². The van der Waals surface area contributed by atoms with Gasteiger partial charge in [-0.3, -0.25) is 0 Å². The Balaban J connectivity index is 1.50. The van der Waals surface area contributed by atoms with Crippen molar-refractivity contribution in [3.63, 3.8) is 0 Å². The third kappa shape index (κ3) is 2.54. The van der Waals surface area contributed by atoms with Crippen molar-refractivity contribution in [2.75, 3.05) is 6.54 Å². The molecule has 5 unspecified atom stereocenters. The molecule has 0 radical (unpaired) electrons. The lowest BCUT2D eigenvalue weighted by Crippen LogP contribution is -2.34. The van der Waals surface area contributed by atoms with Crippen molar-refractivity contribution in [2.24, 2.45) is 23.7 Å².